The molecule has 5 heteroatoms. The van der Waals surface area contributed by atoms with Crippen LogP contribution in [0.5, 0.6) is 0 Å². The van der Waals surface area contributed by atoms with Crippen molar-refractivity contribution in [3.05, 3.63) is 71.9 Å². The zero-order chi connectivity index (χ0) is 13.8. The second-order valence-corrected chi connectivity index (χ2v) is 7.07. The summed E-state index contributed by atoms with van der Waals surface area (Å²) in [7, 11) is 0. The Morgan fingerprint density at radius 1 is 0.895 bits per heavy atom. The van der Waals surface area contributed by atoms with Crippen molar-refractivity contribution in [2.45, 2.75) is 0 Å². The average molecular weight is 443 g/mol. The van der Waals surface area contributed by atoms with Gasteiger partial charge in [0.15, 0.2) is 0 Å². The molecule has 2 rings (SSSR count). The summed E-state index contributed by atoms with van der Waals surface area (Å²) in [4.78, 5) is 23.3. The van der Waals surface area contributed by atoms with Crippen LogP contribution >= 0.6 is 0 Å². The van der Waals surface area contributed by atoms with Gasteiger partial charge in [0.05, 0.1) is 0 Å². The Morgan fingerprint density at radius 2 is 1.32 bits per heavy atom. The van der Waals surface area contributed by atoms with Crippen LogP contribution in [0.3, 0.4) is 0 Å². The summed E-state index contributed by atoms with van der Waals surface area (Å²) in [5, 5.41) is 0. The van der Waals surface area contributed by atoms with Crippen LogP contribution in [0.1, 0.15) is 0 Å². The Hall–Kier alpha value is -1.68. The third-order valence-corrected chi connectivity index (χ3v) is 5.59. The third kappa shape index (κ3) is 3.20. The van der Waals surface area contributed by atoms with Crippen molar-refractivity contribution >= 4 is 11.9 Å². The Bertz CT molecular complexity index is 539. The monoisotopic (exact) mass is 444 g/mol. The number of carbonyl (C=O) groups excluding carboxylic acids is 2. The number of rotatable bonds is 4. The first kappa shape index (κ1) is 13.7. The van der Waals surface area contributed by atoms with Crippen molar-refractivity contribution in [2.75, 3.05) is 0 Å². The molecule has 0 spiro atoms. The van der Waals surface area contributed by atoms with Crippen molar-refractivity contribution in [2.24, 2.45) is 0 Å². The van der Waals surface area contributed by atoms with Gasteiger partial charge >= 0.3 is 124 Å². The van der Waals surface area contributed by atoms with Gasteiger partial charge in [-0.05, 0) is 0 Å². The van der Waals surface area contributed by atoms with Crippen LogP contribution in [-0.2, 0) is 40.4 Å². The topological polar surface area (TPSA) is 52.6 Å². The summed E-state index contributed by atoms with van der Waals surface area (Å²) in [6, 6.07) is 0. The van der Waals surface area contributed by atoms with Crippen LogP contribution in [0.15, 0.2) is 71.9 Å². The van der Waals surface area contributed by atoms with Gasteiger partial charge in [0, 0.05) is 0 Å². The third-order valence-electron chi connectivity index (χ3n) is 2.63. The van der Waals surface area contributed by atoms with Crippen LogP contribution in [0.4, 0.5) is 0 Å². The van der Waals surface area contributed by atoms with E-state index in [2.05, 4.69) is 13.2 Å². The van der Waals surface area contributed by atoms with Gasteiger partial charge < -0.3 is 0 Å². The van der Waals surface area contributed by atoms with E-state index in [4.69, 9.17) is 5.29 Å². The maximum atomic E-state index is 11.7. The Labute approximate surface area is 124 Å². The summed E-state index contributed by atoms with van der Waals surface area (Å²) < 4.78 is 10.1. The van der Waals surface area contributed by atoms with E-state index in [0.29, 0.717) is 22.3 Å². The predicted molar refractivity (Wildman–Crippen MR) is 64.9 cm³/mol. The van der Waals surface area contributed by atoms with Crippen molar-refractivity contribution in [3.63, 3.8) is 0 Å². The van der Waals surface area contributed by atoms with Crippen LogP contribution in [0.25, 0.3) is 0 Å². The molecule has 2 aliphatic rings. The fourth-order valence-corrected chi connectivity index (χ4v) is 3.88. The van der Waals surface area contributed by atoms with Crippen molar-refractivity contribution in [1.29, 1.82) is 0 Å². The van der Waals surface area contributed by atoms with Crippen LogP contribution in [-0.4, -0.2) is 11.9 Å². The molecule has 0 aliphatic heterocycles. The second-order valence-electron chi connectivity index (χ2n) is 3.91. The summed E-state index contributed by atoms with van der Waals surface area (Å²) in [5.41, 5.74) is 2.06. The SMILES string of the molecule is C=C1C=CC=C1C(=O)[O][Hg][O]C(=O)C1=CC=CC1=C. The molecule has 0 unspecified atom stereocenters. The molecule has 0 N–H and O–H groups in total. The number of hydrogen-bond acceptors (Lipinski definition) is 4. The first-order valence-corrected chi connectivity index (χ1v) is 10.1. The molecule has 0 fully saturated rings. The van der Waals surface area contributed by atoms with Gasteiger partial charge in [-0.2, -0.15) is 0 Å². The zero-order valence-electron chi connectivity index (χ0n) is 10.2. The second kappa shape index (κ2) is 5.97. The van der Waals surface area contributed by atoms with Gasteiger partial charge in [0.2, 0.25) is 0 Å². The molecule has 0 saturated heterocycles. The molecule has 0 aromatic heterocycles. The molecule has 0 saturated carbocycles. The van der Waals surface area contributed by atoms with E-state index in [-0.39, 0.29) is 0 Å². The molecule has 0 bridgehead atoms. The molecule has 2 aliphatic carbocycles. The van der Waals surface area contributed by atoms with Gasteiger partial charge in [-0.1, -0.05) is 0 Å². The summed E-state index contributed by atoms with van der Waals surface area (Å²) in [5.74, 6) is -0.941. The molecule has 92 valence electrons. The van der Waals surface area contributed by atoms with Crippen LogP contribution < -0.4 is 0 Å². The van der Waals surface area contributed by atoms with E-state index in [9.17, 15) is 9.59 Å². The minimum absolute atomic E-state index is 0.419. The van der Waals surface area contributed by atoms with E-state index in [1.54, 1.807) is 36.5 Å². The average Bonchev–Trinajstić information content (AvgIpc) is 2.97. The van der Waals surface area contributed by atoms with Crippen molar-refractivity contribution in [3.8, 4) is 0 Å². The van der Waals surface area contributed by atoms with E-state index in [1.165, 1.54) is 0 Å². The summed E-state index contributed by atoms with van der Waals surface area (Å²) >= 11 is -2.48. The summed E-state index contributed by atoms with van der Waals surface area (Å²) in [6.45, 7) is 7.41. The van der Waals surface area contributed by atoms with Gasteiger partial charge in [-0.15, -0.1) is 0 Å². The van der Waals surface area contributed by atoms with E-state index >= 15 is 0 Å². The molecule has 4 nitrogen and oxygen atoms in total. The van der Waals surface area contributed by atoms with E-state index in [0.717, 1.165) is 0 Å². The van der Waals surface area contributed by atoms with Crippen LogP contribution in [0.2, 0.25) is 0 Å². The van der Waals surface area contributed by atoms with Gasteiger partial charge in [0.25, 0.3) is 0 Å². The quantitative estimate of drug-likeness (QED) is 0.626. The fraction of sp³-hybridized carbons (Fsp3) is 0. The molecule has 0 aromatic rings. The minimum atomic E-state index is -2.48. The van der Waals surface area contributed by atoms with Crippen molar-refractivity contribution in [1.82, 2.24) is 0 Å². The van der Waals surface area contributed by atoms with Gasteiger partial charge in [-0.25, -0.2) is 0 Å². The van der Waals surface area contributed by atoms with Crippen molar-refractivity contribution < 1.29 is 40.4 Å². The molecule has 19 heavy (non-hydrogen) atoms. The Kier molecular flexibility index (Phi) is 4.32. The molecular weight excluding hydrogens is 433 g/mol. The molecule has 0 aromatic carbocycles. The Morgan fingerprint density at radius 3 is 1.63 bits per heavy atom. The fourth-order valence-electron chi connectivity index (χ4n) is 1.60. The maximum absolute atomic E-state index is 11.7. The Balaban J connectivity index is 1.78. The predicted octanol–water partition coefficient (Wildman–Crippen LogP) is 2.09. The molecule has 0 heterocycles. The standard InChI is InChI=1S/2C7H6O2.Hg/c2*1-5-3-2-4-6(5)7(8)9;/h2*2-4H,1H2,(H,8,9);/q;;+2/p-2. The first-order valence-electron chi connectivity index (χ1n) is 5.59. The van der Waals surface area contributed by atoms with Crippen LogP contribution in [0, 0.1) is 0 Å². The zero-order valence-corrected chi connectivity index (χ0v) is 15.7. The van der Waals surface area contributed by atoms with E-state index in [1.807, 2.05) is 0 Å². The molecule has 0 amide bonds. The number of carbonyl (C=O) groups is 2. The molecular formula is C14H10HgO4. The normalized spacial score (nSPS) is 16.0. The summed E-state index contributed by atoms with van der Waals surface area (Å²) in [6.07, 6.45) is 10.1. The number of hydrogen-bond donors (Lipinski definition) is 0. The number of allylic oxidation sites excluding steroid dienone is 6. The molecule has 0 atom stereocenters. The molecule has 0 radical (unpaired) electrons. The van der Waals surface area contributed by atoms with E-state index < -0.39 is 37.4 Å². The van der Waals surface area contributed by atoms with Gasteiger partial charge in [-0.3, -0.25) is 0 Å². The van der Waals surface area contributed by atoms with Gasteiger partial charge in [0.1, 0.15) is 0 Å². The first-order chi connectivity index (χ1) is 9.09.